The Kier molecular flexibility index (Phi) is 4.42. The van der Waals surface area contributed by atoms with Crippen molar-refractivity contribution in [3.63, 3.8) is 0 Å². The van der Waals surface area contributed by atoms with E-state index in [0.717, 1.165) is 15.8 Å². The van der Waals surface area contributed by atoms with Gasteiger partial charge in [-0.3, -0.25) is 5.32 Å². The molecule has 0 aliphatic rings. The van der Waals surface area contributed by atoms with E-state index < -0.39 is 18.0 Å². The molecule has 7 heteroatoms. The number of carbonyl (C=O) groups is 2. The molecule has 1 atom stereocenters. The summed E-state index contributed by atoms with van der Waals surface area (Å²) >= 11 is 1.35. The number of hydrogen-bond acceptors (Lipinski definition) is 4. The minimum atomic E-state index is -1.06. The lowest BCUT2D eigenvalue weighted by Gasteiger charge is -2.17. The molecule has 0 fully saturated rings. The van der Waals surface area contributed by atoms with Gasteiger partial charge in [0.25, 0.3) is 0 Å². The van der Waals surface area contributed by atoms with Crippen LogP contribution in [0.5, 0.6) is 0 Å². The number of hydrogen-bond donors (Lipinski definition) is 3. The number of benzene rings is 1. The number of amides is 2. The highest BCUT2D eigenvalue weighted by atomic mass is 32.1. The summed E-state index contributed by atoms with van der Waals surface area (Å²) in [4.78, 5) is 27.2. The van der Waals surface area contributed by atoms with Crippen molar-refractivity contribution in [2.24, 2.45) is 5.92 Å². The molecule has 6 nitrogen and oxygen atoms in total. The van der Waals surface area contributed by atoms with E-state index >= 15 is 0 Å². The minimum absolute atomic E-state index is 0.203. The number of aryl methyl sites for hydroxylation is 1. The number of anilines is 1. The first-order valence-corrected chi connectivity index (χ1v) is 7.36. The van der Waals surface area contributed by atoms with Gasteiger partial charge in [0.15, 0.2) is 5.13 Å². The third kappa shape index (κ3) is 3.69. The summed E-state index contributed by atoms with van der Waals surface area (Å²) in [5.74, 6) is -1.26. The van der Waals surface area contributed by atoms with E-state index in [-0.39, 0.29) is 5.92 Å². The molecule has 0 aliphatic heterocycles. The largest absolute Gasteiger partial charge is 0.480 e. The predicted octanol–water partition coefficient (Wildman–Crippen LogP) is 2.84. The summed E-state index contributed by atoms with van der Waals surface area (Å²) in [6.45, 7) is 5.46. The van der Waals surface area contributed by atoms with E-state index in [0.29, 0.717) is 5.13 Å². The van der Waals surface area contributed by atoms with Gasteiger partial charge in [0, 0.05) is 0 Å². The number of carboxylic acid groups (broad SMARTS) is 1. The topological polar surface area (TPSA) is 91.3 Å². The van der Waals surface area contributed by atoms with Crippen LogP contribution in [0.3, 0.4) is 0 Å². The van der Waals surface area contributed by atoms with Crippen molar-refractivity contribution < 1.29 is 14.7 Å². The van der Waals surface area contributed by atoms with Gasteiger partial charge < -0.3 is 10.4 Å². The van der Waals surface area contributed by atoms with Crippen molar-refractivity contribution in [1.29, 1.82) is 0 Å². The second kappa shape index (κ2) is 6.09. The molecule has 2 aromatic rings. The van der Waals surface area contributed by atoms with Crippen LogP contribution in [0.25, 0.3) is 10.2 Å². The van der Waals surface area contributed by atoms with Gasteiger partial charge in [0.2, 0.25) is 0 Å². The Morgan fingerprint density at radius 3 is 2.67 bits per heavy atom. The Labute approximate surface area is 126 Å². The number of nitrogens with zero attached hydrogens (tertiary/aromatic N) is 1. The molecule has 2 amide bonds. The van der Waals surface area contributed by atoms with Crippen molar-refractivity contribution in [3.05, 3.63) is 23.8 Å². The highest BCUT2D eigenvalue weighted by Gasteiger charge is 2.23. The molecule has 112 valence electrons. The molecular formula is C14H17N3O3S. The first-order valence-electron chi connectivity index (χ1n) is 6.54. The van der Waals surface area contributed by atoms with E-state index in [1.807, 2.05) is 25.1 Å². The molecular weight excluding hydrogens is 290 g/mol. The standard InChI is InChI=1S/C14H17N3O3S/c1-7(2)11(12(18)19)16-13(20)17-14-15-9-5-4-8(3)6-10(9)21-14/h4-7,11H,1-3H3,(H,18,19)(H2,15,16,17,20)/t11-/m1/s1. The van der Waals surface area contributed by atoms with Crippen LogP contribution in [0.15, 0.2) is 18.2 Å². The van der Waals surface area contributed by atoms with Gasteiger partial charge in [0.05, 0.1) is 10.2 Å². The van der Waals surface area contributed by atoms with E-state index in [2.05, 4.69) is 15.6 Å². The zero-order valence-electron chi connectivity index (χ0n) is 12.0. The lowest BCUT2D eigenvalue weighted by molar-refractivity contribution is -0.140. The maximum atomic E-state index is 11.9. The SMILES string of the molecule is Cc1ccc2nc(NC(=O)N[C@@H](C(=O)O)C(C)C)sc2c1. The second-order valence-corrected chi connectivity index (χ2v) is 6.18. The zero-order valence-corrected chi connectivity index (χ0v) is 12.8. The quantitative estimate of drug-likeness (QED) is 0.810. The van der Waals surface area contributed by atoms with Crippen LogP contribution in [-0.2, 0) is 4.79 Å². The van der Waals surface area contributed by atoms with Crippen molar-refractivity contribution >= 4 is 38.7 Å². The van der Waals surface area contributed by atoms with Gasteiger partial charge in [0.1, 0.15) is 6.04 Å². The van der Waals surface area contributed by atoms with Gasteiger partial charge in [-0.2, -0.15) is 0 Å². The third-order valence-corrected chi connectivity index (χ3v) is 3.92. The minimum Gasteiger partial charge on any atom is -0.480 e. The van der Waals surface area contributed by atoms with Gasteiger partial charge in [-0.15, -0.1) is 0 Å². The lowest BCUT2D eigenvalue weighted by Crippen LogP contribution is -2.46. The molecule has 0 radical (unpaired) electrons. The highest BCUT2D eigenvalue weighted by Crippen LogP contribution is 2.26. The summed E-state index contributed by atoms with van der Waals surface area (Å²) < 4.78 is 0.976. The monoisotopic (exact) mass is 307 g/mol. The number of nitrogens with one attached hydrogen (secondary N) is 2. The number of aliphatic carboxylic acids is 1. The van der Waals surface area contributed by atoms with Crippen molar-refractivity contribution in [1.82, 2.24) is 10.3 Å². The average Bonchev–Trinajstić information content (AvgIpc) is 2.76. The van der Waals surface area contributed by atoms with Gasteiger partial charge in [-0.25, -0.2) is 14.6 Å². The fraction of sp³-hybridized carbons (Fsp3) is 0.357. The predicted molar refractivity (Wildman–Crippen MR) is 82.8 cm³/mol. The number of thiazole rings is 1. The Morgan fingerprint density at radius 2 is 2.05 bits per heavy atom. The zero-order chi connectivity index (χ0) is 15.6. The molecule has 1 aromatic heterocycles. The number of aromatic nitrogens is 1. The molecule has 21 heavy (non-hydrogen) atoms. The molecule has 3 N–H and O–H groups in total. The average molecular weight is 307 g/mol. The Bertz CT molecular complexity index is 681. The summed E-state index contributed by atoms with van der Waals surface area (Å²) in [6.07, 6.45) is 0. The van der Waals surface area contributed by atoms with Crippen molar-refractivity contribution in [2.75, 3.05) is 5.32 Å². The molecule has 1 aromatic carbocycles. The normalized spacial score (nSPS) is 12.4. The number of rotatable bonds is 4. The first kappa shape index (κ1) is 15.2. The van der Waals surface area contributed by atoms with Gasteiger partial charge in [-0.1, -0.05) is 31.3 Å². The van der Waals surface area contributed by atoms with Crippen molar-refractivity contribution in [3.8, 4) is 0 Å². The van der Waals surface area contributed by atoms with Crippen LogP contribution < -0.4 is 10.6 Å². The smallest absolute Gasteiger partial charge is 0.326 e. The van der Waals surface area contributed by atoms with Crippen LogP contribution in [0.2, 0.25) is 0 Å². The fourth-order valence-corrected chi connectivity index (χ4v) is 2.83. The number of fused-ring (bicyclic) bond motifs is 1. The molecule has 0 unspecified atom stereocenters. The van der Waals surface area contributed by atoms with E-state index in [4.69, 9.17) is 5.11 Å². The van der Waals surface area contributed by atoms with Crippen LogP contribution in [-0.4, -0.2) is 28.1 Å². The second-order valence-electron chi connectivity index (χ2n) is 5.15. The summed E-state index contributed by atoms with van der Waals surface area (Å²) in [7, 11) is 0. The van der Waals surface area contributed by atoms with Gasteiger partial charge in [-0.05, 0) is 30.5 Å². The van der Waals surface area contributed by atoms with Gasteiger partial charge >= 0.3 is 12.0 Å². The van der Waals surface area contributed by atoms with Crippen LogP contribution in [0.4, 0.5) is 9.93 Å². The summed E-state index contributed by atoms with van der Waals surface area (Å²) in [5.41, 5.74) is 1.92. The van der Waals surface area contributed by atoms with Crippen LogP contribution >= 0.6 is 11.3 Å². The first-order chi connectivity index (χ1) is 9.86. The Morgan fingerprint density at radius 1 is 1.33 bits per heavy atom. The Balaban J connectivity index is 2.09. The van der Waals surface area contributed by atoms with E-state index in [1.165, 1.54) is 11.3 Å². The molecule has 0 bridgehead atoms. The van der Waals surface area contributed by atoms with Crippen molar-refractivity contribution in [2.45, 2.75) is 26.8 Å². The molecule has 0 spiro atoms. The molecule has 0 saturated heterocycles. The van der Waals surface area contributed by atoms with E-state index in [9.17, 15) is 9.59 Å². The Hall–Kier alpha value is -2.15. The maximum Gasteiger partial charge on any atom is 0.326 e. The number of urea groups is 1. The molecule has 2 rings (SSSR count). The third-order valence-electron chi connectivity index (χ3n) is 2.98. The fourth-order valence-electron chi connectivity index (χ4n) is 1.87. The summed E-state index contributed by atoms with van der Waals surface area (Å²) in [6, 6.07) is 4.34. The summed E-state index contributed by atoms with van der Waals surface area (Å²) in [5, 5.41) is 14.5. The van der Waals surface area contributed by atoms with Crippen LogP contribution in [0, 0.1) is 12.8 Å². The maximum absolute atomic E-state index is 11.9. The molecule has 0 aliphatic carbocycles. The number of carboxylic acids is 1. The molecule has 0 saturated carbocycles. The molecule has 1 heterocycles. The van der Waals surface area contributed by atoms with Crippen LogP contribution in [0.1, 0.15) is 19.4 Å². The highest BCUT2D eigenvalue weighted by molar-refractivity contribution is 7.22. The number of carbonyl (C=O) groups excluding carboxylic acids is 1. The van der Waals surface area contributed by atoms with E-state index in [1.54, 1.807) is 13.8 Å². The lowest BCUT2D eigenvalue weighted by atomic mass is 10.1.